The van der Waals surface area contributed by atoms with E-state index < -0.39 is 0 Å². The van der Waals surface area contributed by atoms with Crippen molar-refractivity contribution in [2.45, 2.75) is 235 Å². The minimum absolute atomic E-state index is 0. The standard InChI is InChI=1S/C32H60.9CH4.B.H2/c1-3-5-9-27-15-19-29(20-16-27)11-7-13-31-23-25-32(26-24-31)14-8-12-30-21-17-28(18-22-30)10-6-4-2;;;;;;;;;;;/h27-32H,3-26H2,1-2H3;9*1H4;;1H/i;;;;;;;;;;;1+1. The summed E-state index contributed by atoms with van der Waals surface area (Å²) in [5.41, 5.74) is 0. The molecule has 0 saturated heterocycles. The molecule has 265 valence electrons. The predicted molar refractivity (Wildman–Crippen MR) is 212 cm³/mol. The van der Waals surface area contributed by atoms with Crippen LogP contribution in [0.25, 0.3) is 0 Å². The Morgan fingerprint density at radius 3 is 0.595 bits per heavy atom. The first-order valence-electron chi connectivity index (χ1n) is 15.8. The average molecular weight is 603 g/mol. The van der Waals surface area contributed by atoms with Crippen LogP contribution in [0.1, 0.15) is 236 Å². The molecular formula is C41H98B. The molecule has 0 aromatic rings. The molecule has 0 unspecified atom stereocenters. The van der Waals surface area contributed by atoms with Crippen LogP contribution in [0.4, 0.5) is 0 Å². The zero-order valence-electron chi connectivity index (χ0n) is 23.0. The molecule has 0 atom stereocenters. The summed E-state index contributed by atoms with van der Waals surface area (Å²) in [7, 11) is 0. The Kier molecular flexibility index (Phi) is 54.2. The third-order valence-electron chi connectivity index (χ3n) is 10.3. The van der Waals surface area contributed by atoms with Gasteiger partial charge in [0.25, 0.3) is 0 Å². The summed E-state index contributed by atoms with van der Waals surface area (Å²) < 4.78 is 0. The number of hydrogen-bond donors (Lipinski definition) is 0. The van der Waals surface area contributed by atoms with Crippen molar-refractivity contribution in [1.29, 1.82) is 0 Å². The van der Waals surface area contributed by atoms with Gasteiger partial charge in [0.2, 0.25) is 0 Å². The summed E-state index contributed by atoms with van der Waals surface area (Å²) in [5, 5.41) is 0. The lowest BCUT2D eigenvalue weighted by atomic mass is 9.75. The molecule has 0 aromatic carbocycles. The number of hydrogen-bond acceptors (Lipinski definition) is 0. The van der Waals surface area contributed by atoms with Crippen LogP contribution in [-0.4, -0.2) is 8.41 Å². The third kappa shape index (κ3) is 24.4. The molecule has 0 amide bonds. The maximum atomic E-state index is 2.35. The highest BCUT2D eigenvalue weighted by Gasteiger charge is 2.24. The van der Waals surface area contributed by atoms with Gasteiger partial charge >= 0.3 is 0 Å². The number of rotatable bonds is 14. The Balaban J connectivity index is -0.000000150. The second kappa shape index (κ2) is 37.3. The fourth-order valence-corrected chi connectivity index (χ4v) is 7.80. The smallest absolute Gasteiger partial charge is 0 e. The second-order valence-corrected chi connectivity index (χ2v) is 12.8. The van der Waals surface area contributed by atoms with E-state index >= 15 is 0 Å². The molecular weight excluding hydrogens is 503 g/mol. The van der Waals surface area contributed by atoms with Crippen LogP contribution >= 0.6 is 0 Å². The molecule has 3 saturated carbocycles. The van der Waals surface area contributed by atoms with Gasteiger partial charge in [-0.15, -0.1) is 0 Å². The fraction of sp³-hybridized carbons (Fsp3) is 1.00. The molecule has 0 bridgehead atoms. The van der Waals surface area contributed by atoms with Gasteiger partial charge < -0.3 is 0 Å². The van der Waals surface area contributed by atoms with Crippen molar-refractivity contribution in [2.75, 3.05) is 0 Å². The van der Waals surface area contributed by atoms with Crippen molar-refractivity contribution < 1.29 is 1.43 Å². The topological polar surface area (TPSA) is 0 Å². The summed E-state index contributed by atoms with van der Waals surface area (Å²) in [6.07, 6.45) is 36.8. The van der Waals surface area contributed by atoms with E-state index in [0.29, 0.717) is 0 Å². The van der Waals surface area contributed by atoms with Crippen molar-refractivity contribution in [3.63, 3.8) is 0 Å². The quantitative estimate of drug-likeness (QED) is 0.173. The molecule has 0 aromatic heterocycles. The van der Waals surface area contributed by atoms with E-state index in [1.54, 1.807) is 116 Å². The molecule has 0 spiro atoms. The normalized spacial score (nSPS) is 25.9. The SMILES string of the molecule is C.C.C.C.C.C.C.C.C.CCCCC1CCC(CCCC2CCC(CCCC3CCC(CCCC)CC3)CC2)CC1.[2HH].[B]. The largest absolute Gasteiger partial charge is 0.0776 e. The maximum Gasteiger partial charge on any atom is 0 e. The van der Waals surface area contributed by atoms with E-state index in [-0.39, 0.29) is 76.7 Å². The van der Waals surface area contributed by atoms with E-state index in [2.05, 4.69) is 13.8 Å². The van der Waals surface area contributed by atoms with Gasteiger partial charge in [-0.05, 0) is 35.5 Å². The van der Waals surface area contributed by atoms with Gasteiger partial charge in [0.1, 0.15) is 0 Å². The predicted octanol–water partition coefficient (Wildman–Crippen LogP) is 16.7. The summed E-state index contributed by atoms with van der Waals surface area (Å²) in [6.45, 7) is 4.69. The van der Waals surface area contributed by atoms with Crippen molar-refractivity contribution in [1.82, 2.24) is 0 Å². The van der Waals surface area contributed by atoms with Gasteiger partial charge in [-0.25, -0.2) is 0 Å². The van der Waals surface area contributed by atoms with Crippen LogP contribution < -0.4 is 0 Å². The van der Waals surface area contributed by atoms with Gasteiger partial charge in [-0.3, -0.25) is 0 Å². The first-order valence-corrected chi connectivity index (χ1v) is 15.8. The Morgan fingerprint density at radius 2 is 0.452 bits per heavy atom. The van der Waals surface area contributed by atoms with Crippen LogP contribution in [0.3, 0.4) is 0 Å². The molecule has 3 rings (SSSR count). The van der Waals surface area contributed by atoms with Crippen LogP contribution in [0.2, 0.25) is 0 Å². The lowest BCUT2D eigenvalue weighted by Gasteiger charge is -2.31. The van der Waals surface area contributed by atoms with Crippen molar-refractivity contribution >= 4 is 8.41 Å². The van der Waals surface area contributed by atoms with Gasteiger partial charge in [-0.1, -0.05) is 235 Å². The Bertz CT molecular complexity index is 401. The molecule has 3 aliphatic carbocycles. The highest BCUT2D eigenvalue weighted by atomic mass is 14.3. The summed E-state index contributed by atoms with van der Waals surface area (Å²) in [6, 6.07) is 0. The monoisotopic (exact) mass is 603 g/mol. The molecule has 1 heteroatoms. The van der Waals surface area contributed by atoms with E-state index in [9.17, 15) is 0 Å². The molecule has 0 aliphatic heterocycles. The van der Waals surface area contributed by atoms with Crippen LogP contribution in [0, 0.1) is 35.5 Å². The van der Waals surface area contributed by atoms with Gasteiger partial charge in [-0.2, -0.15) is 0 Å². The van der Waals surface area contributed by atoms with E-state index in [0.717, 1.165) is 35.5 Å². The van der Waals surface area contributed by atoms with Crippen LogP contribution in [0.15, 0.2) is 0 Å². The van der Waals surface area contributed by atoms with Gasteiger partial charge in [0.15, 0.2) is 0 Å². The van der Waals surface area contributed by atoms with E-state index in [4.69, 9.17) is 0 Å². The minimum atomic E-state index is 0. The first-order chi connectivity index (χ1) is 15.8. The molecule has 3 radical (unpaired) electrons. The lowest BCUT2D eigenvalue weighted by Crippen LogP contribution is -2.17. The van der Waals surface area contributed by atoms with Crippen LogP contribution in [-0.2, 0) is 0 Å². The molecule has 0 nitrogen and oxygen atoms in total. The highest BCUT2D eigenvalue weighted by molar-refractivity contribution is 5.75. The van der Waals surface area contributed by atoms with Gasteiger partial charge in [0.05, 0.1) is 0 Å². The van der Waals surface area contributed by atoms with Crippen LogP contribution in [0.5, 0.6) is 0 Å². The summed E-state index contributed by atoms with van der Waals surface area (Å²) in [5.74, 6) is 6.53. The summed E-state index contributed by atoms with van der Waals surface area (Å²) >= 11 is 0. The zero-order valence-corrected chi connectivity index (χ0v) is 23.0. The molecule has 3 aliphatic rings. The number of unbranched alkanes of at least 4 members (excludes halogenated alkanes) is 2. The van der Waals surface area contributed by atoms with E-state index in [1.165, 1.54) is 38.5 Å². The molecule has 0 heterocycles. The van der Waals surface area contributed by atoms with E-state index in [1.807, 2.05) is 0 Å². The Morgan fingerprint density at radius 1 is 0.310 bits per heavy atom. The third-order valence-corrected chi connectivity index (χ3v) is 10.3. The van der Waals surface area contributed by atoms with Gasteiger partial charge in [0, 0.05) is 9.84 Å². The fourth-order valence-electron chi connectivity index (χ4n) is 7.80. The summed E-state index contributed by atoms with van der Waals surface area (Å²) in [4.78, 5) is 0. The first kappa shape index (κ1) is 61.1. The van der Waals surface area contributed by atoms with Crippen molar-refractivity contribution in [3.05, 3.63) is 0 Å². The second-order valence-electron chi connectivity index (χ2n) is 12.8. The Labute approximate surface area is 279 Å². The molecule has 42 heavy (non-hydrogen) atoms. The van der Waals surface area contributed by atoms with Crippen molar-refractivity contribution in [3.8, 4) is 0 Å². The molecule has 3 fully saturated rings. The highest BCUT2D eigenvalue weighted by Crippen LogP contribution is 2.39. The molecule has 0 N–H and O–H groups in total. The Hall–Kier alpha value is 0.0649. The van der Waals surface area contributed by atoms with Crippen molar-refractivity contribution in [2.24, 2.45) is 35.5 Å². The lowest BCUT2D eigenvalue weighted by molar-refractivity contribution is 0.213. The maximum absolute atomic E-state index is 2.35. The zero-order chi connectivity index (χ0) is 22.4. The minimum Gasteiger partial charge on any atom is -0.0776 e. The average Bonchev–Trinajstić information content (AvgIpc) is 2.84.